The maximum atomic E-state index is 12.7. The average molecular weight is 407 g/mol. The maximum absolute atomic E-state index is 12.7. The number of benzene rings is 3. The molecular formula is C22H21N3O5. The molecule has 0 radical (unpaired) electrons. The molecule has 0 aliphatic carbocycles. The van der Waals surface area contributed by atoms with Crippen LogP contribution in [0.1, 0.15) is 28.4 Å². The van der Waals surface area contributed by atoms with Gasteiger partial charge in [0.1, 0.15) is 0 Å². The number of hydrogen-bond acceptors (Lipinski definition) is 6. The molecule has 0 bridgehead atoms. The van der Waals surface area contributed by atoms with E-state index in [1.165, 1.54) is 19.4 Å². The Balaban J connectivity index is 1.89. The largest absolute Gasteiger partial charge is 0.490 e. The van der Waals surface area contributed by atoms with Gasteiger partial charge in [-0.2, -0.15) is 5.10 Å². The van der Waals surface area contributed by atoms with Crippen molar-refractivity contribution in [2.75, 3.05) is 13.7 Å². The average Bonchev–Trinajstić information content (AvgIpc) is 2.73. The lowest BCUT2D eigenvalue weighted by molar-refractivity contribution is -0.385. The number of aryl methyl sites for hydroxylation is 1. The number of carbonyl (C=O) groups is 1. The van der Waals surface area contributed by atoms with Gasteiger partial charge in [0, 0.05) is 11.6 Å². The first-order valence-corrected chi connectivity index (χ1v) is 9.27. The van der Waals surface area contributed by atoms with Crippen LogP contribution in [0.15, 0.2) is 53.6 Å². The second kappa shape index (κ2) is 9.04. The number of rotatable bonds is 7. The van der Waals surface area contributed by atoms with Gasteiger partial charge in [-0.25, -0.2) is 5.43 Å². The van der Waals surface area contributed by atoms with Crippen molar-refractivity contribution in [3.05, 3.63) is 75.3 Å². The van der Waals surface area contributed by atoms with Crippen molar-refractivity contribution in [1.29, 1.82) is 0 Å². The number of amides is 1. The van der Waals surface area contributed by atoms with Crippen molar-refractivity contribution in [3.8, 4) is 11.5 Å². The van der Waals surface area contributed by atoms with Crippen molar-refractivity contribution >= 4 is 28.6 Å². The number of ether oxygens (including phenoxy) is 2. The number of nitrogens with one attached hydrogen (secondary N) is 1. The van der Waals surface area contributed by atoms with Gasteiger partial charge < -0.3 is 9.47 Å². The summed E-state index contributed by atoms with van der Waals surface area (Å²) in [6.07, 6.45) is 1.33. The third-order valence-corrected chi connectivity index (χ3v) is 4.50. The number of fused-ring (bicyclic) bond motifs is 1. The molecule has 0 aliphatic rings. The summed E-state index contributed by atoms with van der Waals surface area (Å²) in [6.45, 7) is 3.93. The molecule has 3 aromatic rings. The Morgan fingerprint density at radius 1 is 1.23 bits per heavy atom. The van der Waals surface area contributed by atoms with Crippen LogP contribution in [-0.2, 0) is 0 Å². The van der Waals surface area contributed by atoms with Crippen LogP contribution in [0, 0.1) is 17.0 Å². The van der Waals surface area contributed by atoms with E-state index in [0.29, 0.717) is 17.7 Å². The zero-order chi connectivity index (χ0) is 21.7. The number of methoxy groups -OCH3 is 1. The molecule has 3 aromatic carbocycles. The third-order valence-electron chi connectivity index (χ3n) is 4.50. The highest BCUT2D eigenvalue weighted by atomic mass is 16.6. The van der Waals surface area contributed by atoms with Gasteiger partial charge in [0.25, 0.3) is 5.91 Å². The first-order valence-electron chi connectivity index (χ1n) is 9.27. The first kappa shape index (κ1) is 20.8. The Kier molecular flexibility index (Phi) is 6.26. The van der Waals surface area contributed by atoms with E-state index in [1.54, 1.807) is 13.0 Å². The summed E-state index contributed by atoms with van der Waals surface area (Å²) in [4.78, 5) is 23.6. The highest BCUT2D eigenvalue weighted by Gasteiger charge is 2.21. The number of nitrogens with zero attached hydrogens (tertiary/aromatic N) is 2. The molecule has 0 spiro atoms. The van der Waals surface area contributed by atoms with Gasteiger partial charge in [0.05, 0.1) is 30.4 Å². The van der Waals surface area contributed by atoms with Gasteiger partial charge >= 0.3 is 5.69 Å². The van der Waals surface area contributed by atoms with E-state index >= 15 is 0 Å². The Morgan fingerprint density at radius 3 is 2.70 bits per heavy atom. The number of carbonyl (C=O) groups excluding carboxylic acids is 1. The van der Waals surface area contributed by atoms with Crippen molar-refractivity contribution in [2.24, 2.45) is 5.10 Å². The van der Waals surface area contributed by atoms with Crippen LogP contribution < -0.4 is 14.9 Å². The van der Waals surface area contributed by atoms with E-state index < -0.39 is 4.92 Å². The maximum Gasteiger partial charge on any atom is 0.315 e. The molecule has 0 saturated carbocycles. The first-order chi connectivity index (χ1) is 14.5. The normalized spacial score (nSPS) is 10.9. The molecule has 0 saturated heterocycles. The zero-order valence-corrected chi connectivity index (χ0v) is 16.8. The van der Waals surface area contributed by atoms with Crippen LogP contribution in [0.5, 0.6) is 11.5 Å². The van der Waals surface area contributed by atoms with Crippen LogP contribution in [0.2, 0.25) is 0 Å². The molecule has 30 heavy (non-hydrogen) atoms. The summed E-state index contributed by atoms with van der Waals surface area (Å²) in [6, 6.07) is 14.3. The quantitative estimate of drug-likeness (QED) is 0.359. The SMILES string of the molecule is CCOc1cc(/C=N\NC(=O)c2c(C)ccc3ccccc23)cc([N+](=O)[O-])c1OC. The lowest BCUT2D eigenvalue weighted by Crippen LogP contribution is -2.19. The summed E-state index contributed by atoms with van der Waals surface area (Å²) in [5, 5.41) is 17.1. The molecule has 0 aromatic heterocycles. The summed E-state index contributed by atoms with van der Waals surface area (Å²) < 4.78 is 10.6. The van der Waals surface area contributed by atoms with Crippen LogP contribution in [0.25, 0.3) is 10.8 Å². The Bertz CT molecular complexity index is 1140. The summed E-state index contributed by atoms with van der Waals surface area (Å²) in [5.74, 6) is -0.102. The van der Waals surface area contributed by atoms with Crippen LogP contribution in [0.4, 0.5) is 5.69 Å². The molecule has 8 heteroatoms. The molecular weight excluding hydrogens is 386 g/mol. The minimum Gasteiger partial charge on any atom is -0.490 e. The van der Waals surface area contributed by atoms with Crippen molar-refractivity contribution in [2.45, 2.75) is 13.8 Å². The lowest BCUT2D eigenvalue weighted by Gasteiger charge is -2.10. The van der Waals surface area contributed by atoms with E-state index in [-0.39, 0.29) is 23.1 Å². The van der Waals surface area contributed by atoms with Gasteiger partial charge in [-0.3, -0.25) is 14.9 Å². The van der Waals surface area contributed by atoms with Crippen LogP contribution in [0.3, 0.4) is 0 Å². The fraction of sp³-hybridized carbons (Fsp3) is 0.182. The molecule has 8 nitrogen and oxygen atoms in total. The van der Waals surface area contributed by atoms with E-state index in [2.05, 4.69) is 10.5 Å². The second-order valence-electron chi connectivity index (χ2n) is 6.44. The fourth-order valence-electron chi connectivity index (χ4n) is 3.19. The molecule has 0 heterocycles. The van der Waals surface area contributed by atoms with E-state index in [0.717, 1.165) is 16.3 Å². The van der Waals surface area contributed by atoms with Crippen molar-refractivity contribution < 1.29 is 19.2 Å². The highest BCUT2D eigenvalue weighted by Crippen LogP contribution is 2.37. The van der Waals surface area contributed by atoms with E-state index in [4.69, 9.17) is 9.47 Å². The smallest absolute Gasteiger partial charge is 0.315 e. The molecule has 0 atom stereocenters. The number of nitro benzene ring substituents is 1. The molecule has 1 N–H and O–H groups in total. The third kappa shape index (κ3) is 4.22. The molecule has 1 amide bonds. The van der Waals surface area contributed by atoms with E-state index in [9.17, 15) is 14.9 Å². The fourth-order valence-corrected chi connectivity index (χ4v) is 3.19. The summed E-state index contributed by atoms with van der Waals surface area (Å²) in [7, 11) is 1.34. The minimum absolute atomic E-state index is 0.0365. The number of hydrogen-bond donors (Lipinski definition) is 1. The van der Waals surface area contributed by atoms with E-state index in [1.807, 2.05) is 43.3 Å². The zero-order valence-electron chi connectivity index (χ0n) is 16.8. The molecule has 3 rings (SSSR count). The number of hydrazone groups is 1. The predicted molar refractivity (Wildman–Crippen MR) is 115 cm³/mol. The lowest BCUT2D eigenvalue weighted by atomic mass is 9.99. The second-order valence-corrected chi connectivity index (χ2v) is 6.44. The Morgan fingerprint density at radius 2 is 2.00 bits per heavy atom. The molecule has 0 fully saturated rings. The van der Waals surface area contributed by atoms with Gasteiger partial charge in [-0.15, -0.1) is 0 Å². The number of nitro groups is 1. The van der Waals surface area contributed by atoms with Gasteiger partial charge in [-0.1, -0.05) is 36.4 Å². The van der Waals surface area contributed by atoms with Crippen LogP contribution in [-0.4, -0.2) is 30.8 Å². The minimum atomic E-state index is -0.559. The molecule has 0 aliphatic heterocycles. The molecule has 154 valence electrons. The predicted octanol–water partition coefficient (Wildman–Crippen LogP) is 4.23. The van der Waals surface area contributed by atoms with Crippen LogP contribution >= 0.6 is 0 Å². The van der Waals surface area contributed by atoms with Crippen molar-refractivity contribution in [1.82, 2.24) is 5.43 Å². The van der Waals surface area contributed by atoms with Gasteiger partial charge in [0.15, 0.2) is 5.75 Å². The summed E-state index contributed by atoms with van der Waals surface area (Å²) in [5.41, 5.74) is 3.99. The monoisotopic (exact) mass is 407 g/mol. The van der Waals surface area contributed by atoms with Gasteiger partial charge in [0.2, 0.25) is 5.75 Å². The Hall–Kier alpha value is -3.94. The highest BCUT2D eigenvalue weighted by molar-refractivity contribution is 6.08. The van der Waals surface area contributed by atoms with Gasteiger partial charge in [-0.05, 0) is 36.2 Å². The summed E-state index contributed by atoms with van der Waals surface area (Å²) >= 11 is 0. The topological polar surface area (TPSA) is 103 Å². The standard InChI is InChI=1S/C22H21N3O5/c1-4-30-19-12-15(11-18(25(27)28)21(19)29-3)13-23-24-22(26)20-14(2)9-10-16-7-5-6-8-17(16)20/h5-13H,4H2,1-3H3,(H,24,26)/b23-13-. The Labute approximate surface area is 173 Å². The molecule has 0 unspecified atom stereocenters. The van der Waals surface area contributed by atoms with Crippen molar-refractivity contribution in [3.63, 3.8) is 0 Å².